The smallest absolute Gasteiger partial charge is 0.307 e. The number of allylic oxidation sites excluding steroid dienone is 2. The lowest BCUT2D eigenvalue weighted by Crippen LogP contribution is -2.40. The highest BCUT2D eigenvalue weighted by Gasteiger charge is 2.51. The Balaban J connectivity index is 1.54. The zero-order valence-corrected chi connectivity index (χ0v) is 13.1. The first kappa shape index (κ1) is 15.6. The van der Waals surface area contributed by atoms with Gasteiger partial charge in [0.25, 0.3) is 0 Å². The zero-order chi connectivity index (χ0) is 16.4. The fraction of sp³-hybridized carbons (Fsp3) is 0.444. The lowest BCUT2D eigenvalue weighted by molar-refractivity contribution is -0.147. The molecule has 0 radical (unpaired) electrons. The van der Waals surface area contributed by atoms with Crippen molar-refractivity contribution in [1.82, 2.24) is 5.32 Å². The number of methoxy groups -OCH3 is 1. The average Bonchev–Trinajstić information content (AvgIpc) is 3.16. The fourth-order valence-electron chi connectivity index (χ4n) is 3.76. The Labute approximate surface area is 135 Å². The first-order chi connectivity index (χ1) is 11.1. The van der Waals surface area contributed by atoms with E-state index >= 15 is 0 Å². The Kier molecular flexibility index (Phi) is 4.37. The predicted molar refractivity (Wildman–Crippen MR) is 85.1 cm³/mol. The molecule has 4 atom stereocenters. The van der Waals surface area contributed by atoms with Gasteiger partial charge < -0.3 is 15.2 Å². The van der Waals surface area contributed by atoms with Crippen LogP contribution < -0.4 is 10.1 Å². The predicted octanol–water partition coefficient (Wildman–Crippen LogP) is 1.88. The van der Waals surface area contributed by atoms with E-state index in [1.807, 2.05) is 36.4 Å². The molecule has 5 nitrogen and oxygen atoms in total. The number of fused-ring (bicyclic) bond motifs is 2. The molecule has 0 saturated heterocycles. The summed E-state index contributed by atoms with van der Waals surface area (Å²) in [4.78, 5) is 23.8. The van der Waals surface area contributed by atoms with Crippen molar-refractivity contribution < 1.29 is 19.4 Å². The van der Waals surface area contributed by atoms with Crippen molar-refractivity contribution in [2.75, 3.05) is 13.7 Å². The van der Waals surface area contributed by atoms with Crippen LogP contribution >= 0.6 is 0 Å². The Morgan fingerprint density at radius 2 is 1.83 bits per heavy atom. The third kappa shape index (κ3) is 3.09. The summed E-state index contributed by atoms with van der Waals surface area (Å²) in [5, 5.41) is 12.3. The first-order valence-electron chi connectivity index (χ1n) is 7.92. The molecule has 5 heteroatoms. The van der Waals surface area contributed by atoms with Gasteiger partial charge in [0.1, 0.15) is 5.75 Å². The largest absolute Gasteiger partial charge is 0.497 e. The molecule has 1 fully saturated rings. The number of rotatable bonds is 6. The summed E-state index contributed by atoms with van der Waals surface area (Å²) in [6, 6.07) is 7.70. The lowest BCUT2D eigenvalue weighted by atomic mass is 9.82. The summed E-state index contributed by atoms with van der Waals surface area (Å²) in [7, 11) is 1.62. The molecule has 23 heavy (non-hydrogen) atoms. The number of ether oxygens (including phenoxy) is 1. The second-order valence-corrected chi connectivity index (χ2v) is 6.23. The number of benzene rings is 1. The van der Waals surface area contributed by atoms with Gasteiger partial charge in [-0.25, -0.2) is 0 Å². The van der Waals surface area contributed by atoms with Crippen LogP contribution in [-0.2, 0) is 16.0 Å². The summed E-state index contributed by atoms with van der Waals surface area (Å²) in [5.74, 6) is -1.13. The number of amides is 1. The van der Waals surface area contributed by atoms with Crippen LogP contribution in [0.5, 0.6) is 5.75 Å². The van der Waals surface area contributed by atoms with Gasteiger partial charge in [0.15, 0.2) is 0 Å². The number of nitrogens with one attached hydrogen (secondary N) is 1. The van der Waals surface area contributed by atoms with Gasteiger partial charge >= 0.3 is 5.97 Å². The van der Waals surface area contributed by atoms with Crippen LogP contribution in [0.2, 0.25) is 0 Å². The van der Waals surface area contributed by atoms with E-state index < -0.39 is 17.8 Å². The topological polar surface area (TPSA) is 75.6 Å². The maximum atomic E-state index is 12.4. The summed E-state index contributed by atoms with van der Waals surface area (Å²) >= 11 is 0. The average molecular weight is 315 g/mol. The Hall–Kier alpha value is -2.30. The van der Waals surface area contributed by atoms with Gasteiger partial charge in [-0.05, 0) is 42.4 Å². The summed E-state index contributed by atoms with van der Waals surface area (Å²) < 4.78 is 5.11. The maximum Gasteiger partial charge on any atom is 0.307 e. The summed E-state index contributed by atoms with van der Waals surface area (Å²) in [5.41, 5.74) is 1.11. The van der Waals surface area contributed by atoms with E-state index in [0.29, 0.717) is 13.0 Å². The molecular weight excluding hydrogens is 294 g/mol. The molecule has 1 aromatic carbocycles. The minimum Gasteiger partial charge on any atom is -0.497 e. The van der Waals surface area contributed by atoms with E-state index in [0.717, 1.165) is 17.7 Å². The van der Waals surface area contributed by atoms with E-state index in [2.05, 4.69) is 5.32 Å². The molecule has 1 aromatic rings. The van der Waals surface area contributed by atoms with E-state index in [9.17, 15) is 14.7 Å². The highest BCUT2D eigenvalue weighted by atomic mass is 16.5. The molecule has 0 aromatic heterocycles. The van der Waals surface area contributed by atoms with Crippen LogP contribution in [0.15, 0.2) is 36.4 Å². The number of carbonyl (C=O) groups excluding carboxylic acids is 1. The third-order valence-corrected chi connectivity index (χ3v) is 4.92. The van der Waals surface area contributed by atoms with Crippen LogP contribution in [0.25, 0.3) is 0 Å². The van der Waals surface area contributed by atoms with Gasteiger partial charge in [-0.15, -0.1) is 0 Å². The zero-order valence-electron chi connectivity index (χ0n) is 13.1. The second-order valence-electron chi connectivity index (χ2n) is 6.23. The maximum absolute atomic E-state index is 12.4. The number of aliphatic carboxylic acids is 1. The monoisotopic (exact) mass is 315 g/mol. The van der Waals surface area contributed by atoms with Crippen molar-refractivity contribution in [3.63, 3.8) is 0 Å². The summed E-state index contributed by atoms with van der Waals surface area (Å²) in [6.45, 7) is 0.509. The van der Waals surface area contributed by atoms with Gasteiger partial charge in [0.2, 0.25) is 5.91 Å². The van der Waals surface area contributed by atoms with E-state index in [1.54, 1.807) is 7.11 Å². The number of carboxylic acids is 1. The van der Waals surface area contributed by atoms with E-state index in [1.165, 1.54) is 0 Å². The molecule has 2 bridgehead atoms. The minimum absolute atomic E-state index is 0.00911. The van der Waals surface area contributed by atoms with Crippen LogP contribution in [0.1, 0.15) is 12.0 Å². The number of carbonyl (C=O) groups is 2. The Morgan fingerprint density at radius 1 is 1.17 bits per heavy atom. The van der Waals surface area contributed by atoms with Crippen LogP contribution in [0.4, 0.5) is 0 Å². The molecule has 3 rings (SSSR count). The van der Waals surface area contributed by atoms with Gasteiger partial charge in [-0.3, -0.25) is 9.59 Å². The standard InChI is InChI=1S/C18H21NO4/c1-23-14-6-2-11(3-7-14)8-9-19-17(20)15-12-4-5-13(10-12)16(15)18(21)22/h2-7,12-13,15-16H,8-10H2,1H3,(H,19,20)(H,21,22)/t12-,13+,15-,16+/m1/s1. The molecule has 0 unspecified atom stereocenters. The van der Waals surface area contributed by atoms with Gasteiger partial charge in [0.05, 0.1) is 18.9 Å². The fourth-order valence-corrected chi connectivity index (χ4v) is 3.76. The van der Waals surface area contributed by atoms with Crippen molar-refractivity contribution in [3.8, 4) is 5.75 Å². The molecule has 2 aliphatic carbocycles. The van der Waals surface area contributed by atoms with E-state index in [4.69, 9.17) is 4.74 Å². The van der Waals surface area contributed by atoms with E-state index in [-0.39, 0.29) is 17.7 Å². The molecule has 2 N–H and O–H groups in total. The molecule has 0 spiro atoms. The van der Waals surface area contributed by atoms with Crippen molar-refractivity contribution in [3.05, 3.63) is 42.0 Å². The molecule has 2 aliphatic rings. The van der Waals surface area contributed by atoms with Gasteiger partial charge in [0, 0.05) is 6.54 Å². The second kappa shape index (κ2) is 6.44. The molecule has 0 heterocycles. The Morgan fingerprint density at radius 3 is 2.43 bits per heavy atom. The number of hydrogen-bond acceptors (Lipinski definition) is 3. The minimum atomic E-state index is -0.864. The van der Waals surface area contributed by atoms with Gasteiger partial charge in [-0.1, -0.05) is 24.3 Å². The molecule has 1 amide bonds. The molecule has 1 saturated carbocycles. The normalized spacial score (nSPS) is 27.9. The van der Waals surface area contributed by atoms with Crippen LogP contribution in [0, 0.1) is 23.7 Å². The lowest BCUT2D eigenvalue weighted by Gasteiger charge is -2.23. The quantitative estimate of drug-likeness (QED) is 0.786. The highest BCUT2D eigenvalue weighted by molar-refractivity contribution is 5.86. The third-order valence-electron chi connectivity index (χ3n) is 4.92. The molecule has 0 aliphatic heterocycles. The van der Waals surface area contributed by atoms with Crippen molar-refractivity contribution >= 4 is 11.9 Å². The molecular formula is C18H21NO4. The number of hydrogen-bond donors (Lipinski definition) is 2. The van der Waals surface area contributed by atoms with Crippen molar-refractivity contribution in [2.24, 2.45) is 23.7 Å². The molecule has 122 valence electrons. The van der Waals surface area contributed by atoms with Crippen molar-refractivity contribution in [1.29, 1.82) is 0 Å². The SMILES string of the molecule is COc1ccc(CCNC(=O)[C@H]2[C@@H](C(=O)O)[C@H]3C=C[C@@H]2C3)cc1. The van der Waals surface area contributed by atoms with Crippen molar-refractivity contribution in [2.45, 2.75) is 12.8 Å². The number of carboxylic acid groups (broad SMARTS) is 1. The van der Waals surface area contributed by atoms with Gasteiger partial charge in [-0.2, -0.15) is 0 Å². The Bertz CT molecular complexity index is 622. The summed E-state index contributed by atoms with van der Waals surface area (Å²) in [6.07, 6.45) is 5.44. The van der Waals surface area contributed by atoms with Crippen LogP contribution in [-0.4, -0.2) is 30.6 Å². The van der Waals surface area contributed by atoms with Crippen LogP contribution in [0.3, 0.4) is 0 Å². The first-order valence-corrected chi connectivity index (χ1v) is 7.92. The highest BCUT2D eigenvalue weighted by Crippen LogP contribution is 2.48.